The Kier molecular flexibility index (Phi) is 4.98. The van der Waals surface area contributed by atoms with Crippen LogP contribution in [0.2, 0.25) is 0 Å². The molecule has 2 rings (SSSR count). The topological polar surface area (TPSA) is 67.2 Å². The van der Waals surface area contributed by atoms with Crippen LogP contribution in [0.25, 0.3) is 0 Å². The van der Waals surface area contributed by atoms with Gasteiger partial charge < -0.3 is 10.4 Å². The van der Waals surface area contributed by atoms with Crippen molar-refractivity contribution in [1.82, 2.24) is 15.1 Å². The van der Waals surface area contributed by atoms with Crippen LogP contribution in [-0.2, 0) is 18.3 Å². The minimum Gasteiger partial charge on any atom is -0.384 e. The van der Waals surface area contributed by atoms with Gasteiger partial charge in [0.25, 0.3) is 5.91 Å². The summed E-state index contributed by atoms with van der Waals surface area (Å²) in [6.45, 7) is 2.74. The molecule has 1 amide bonds. The lowest BCUT2D eigenvalue weighted by Gasteiger charge is -2.24. The highest BCUT2D eigenvalue weighted by atomic mass is 19.4. The number of rotatable bonds is 5. The Morgan fingerprint density at radius 3 is 2.46 bits per heavy atom. The zero-order chi connectivity index (χ0) is 18.0. The largest absolute Gasteiger partial charge is 0.433 e. The van der Waals surface area contributed by atoms with Gasteiger partial charge in [0.15, 0.2) is 5.69 Å². The lowest BCUT2D eigenvalue weighted by molar-refractivity contribution is -0.144. The van der Waals surface area contributed by atoms with Gasteiger partial charge in [0, 0.05) is 6.54 Å². The van der Waals surface area contributed by atoms with E-state index in [-0.39, 0.29) is 13.1 Å². The fourth-order valence-corrected chi connectivity index (χ4v) is 2.34. The summed E-state index contributed by atoms with van der Waals surface area (Å²) in [6, 6.07) is 8.55. The first-order chi connectivity index (χ1) is 11.2. The van der Waals surface area contributed by atoms with Gasteiger partial charge in [-0.05, 0) is 19.4 Å². The molecule has 8 heteroatoms. The molecule has 1 atom stereocenters. The highest BCUT2D eigenvalue weighted by molar-refractivity contribution is 5.95. The third-order valence-corrected chi connectivity index (χ3v) is 3.64. The third-order valence-electron chi connectivity index (χ3n) is 3.64. The Hall–Kier alpha value is -2.35. The summed E-state index contributed by atoms with van der Waals surface area (Å²) in [7, 11) is 0. The average Bonchev–Trinajstić information content (AvgIpc) is 2.98. The molecular formula is C16H18F3N3O2. The number of nitrogens with one attached hydrogen (secondary N) is 1. The predicted octanol–water partition coefficient (Wildman–Crippen LogP) is 2.56. The summed E-state index contributed by atoms with van der Waals surface area (Å²) in [5.41, 5.74) is -2.52. The summed E-state index contributed by atoms with van der Waals surface area (Å²) in [5, 5.41) is 16.3. The monoisotopic (exact) mass is 341 g/mol. The number of amides is 1. The Labute approximate surface area is 137 Å². The number of alkyl halides is 3. The van der Waals surface area contributed by atoms with Gasteiger partial charge in [-0.25, -0.2) is 0 Å². The number of nitrogens with zero attached hydrogens (tertiary/aromatic N) is 2. The minimum atomic E-state index is -4.69. The second kappa shape index (κ2) is 6.64. The zero-order valence-corrected chi connectivity index (χ0v) is 13.3. The van der Waals surface area contributed by atoms with Crippen molar-refractivity contribution in [1.29, 1.82) is 0 Å². The maximum atomic E-state index is 13.1. The van der Waals surface area contributed by atoms with E-state index < -0.39 is 28.9 Å². The summed E-state index contributed by atoms with van der Waals surface area (Å²) >= 11 is 0. The highest BCUT2D eigenvalue weighted by Gasteiger charge is 2.40. The molecule has 130 valence electrons. The van der Waals surface area contributed by atoms with Crippen molar-refractivity contribution in [3.05, 3.63) is 53.3 Å². The van der Waals surface area contributed by atoms with Crippen molar-refractivity contribution < 1.29 is 23.1 Å². The van der Waals surface area contributed by atoms with Crippen LogP contribution < -0.4 is 5.32 Å². The second-order valence-corrected chi connectivity index (χ2v) is 5.54. The van der Waals surface area contributed by atoms with Crippen molar-refractivity contribution in [3.63, 3.8) is 0 Å². The van der Waals surface area contributed by atoms with E-state index in [0.717, 1.165) is 10.9 Å². The molecule has 1 aromatic heterocycles. The van der Waals surface area contributed by atoms with Crippen molar-refractivity contribution in [2.24, 2.45) is 0 Å². The van der Waals surface area contributed by atoms with E-state index >= 15 is 0 Å². The predicted molar refractivity (Wildman–Crippen MR) is 81.2 cm³/mol. The Bertz CT molecular complexity index is 709. The fourth-order valence-electron chi connectivity index (χ4n) is 2.34. The SMILES string of the molecule is CCn1ncc(C(=O)NCC(C)(O)c2ccccc2)c1C(F)(F)F. The van der Waals surface area contributed by atoms with Gasteiger partial charge in [0.2, 0.25) is 0 Å². The van der Waals surface area contributed by atoms with E-state index in [2.05, 4.69) is 10.4 Å². The van der Waals surface area contributed by atoms with Gasteiger partial charge in [-0.2, -0.15) is 18.3 Å². The zero-order valence-electron chi connectivity index (χ0n) is 13.3. The van der Waals surface area contributed by atoms with E-state index in [1.165, 1.54) is 13.8 Å². The molecular weight excluding hydrogens is 323 g/mol. The standard InChI is InChI=1S/C16H18F3N3O2/c1-3-22-13(16(17,18)19)12(9-21-22)14(23)20-10-15(2,24)11-7-5-4-6-8-11/h4-9,24H,3,10H2,1-2H3,(H,20,23). The summed E-state index contributed by atoms with van der Waals surface area (Å²) in [4.78, 5) is 12.1. The van der Waals surface area contributed by atoms with Gasteiger partial charge in [0.05, 0.1) is 18.3 Å². The molecule has 1 aromatic carbocycles. The summed E-state index contributed by atoms with van der Waals surface area (Å²) < 4.78 is 40.1. The molecule has 0 fully saturated rings. The van der Waals surface area contributed by atoms with Crippen molar-refractivity contribution in [2.45, 2.75) is 32.2 Å². The molecule has 0 radical (unpaired) electrons. The first-order valence-corrected chi connectivity index (χ1v) is 7.36. The van der Waals surface area contributed by atoms with Crippen LogP contribution in [0.15, 0.2) is 36.5 Å². The number of carbonyl (C=O) groups is 1. The molecule has 1 unspecified atom stereocenters. The number of halogens is 3. The van der Waals surface area contributed by atoms with E-state index in [0.29, 0.717) is 5.56 Å². The number of aliphatic hydroxyl groups is 1. The highest BCUT2D eigenvalue weighted by Crippen LogP contribution is 2.32. The molecule has 0 aliphatic carbocycles. The van der Waals surface area contributed by atoms with Crippen molar-refractivity contribution >= 4 is 5.91 Å². The van der Waals surface area contributed by atoms with Crippen LogP contribution in [0.4, 0.5) is 13.2 Å². The first kappa shape index (κ1) is 18.0. The van der Waals surface area contributed by atoms with Gasteiger partial charge >= 0.3 is 6.18 Å². The Morgan fingerprint density at radius 1 is 1.29 bits per heavy atom. The van der Waals surface area contributed by atoms with Crippen LogP contribution in [0, 0.1) is 0 Å². The Morgan fingerprint density at radius 2 is 1.92 bits per heavy atom. The maximum absolute atomic E-state index is 13.1. The number of hydrogen-bond donors (Lipinski definition) is 2. The smallest absolute Gasteiger partial charge is 0.384 e. The molecule has 0 aliphatic rings. The first-order valence-electron chi connectivity index (χ1n) is 7.36. The van der Waals surface area contributed by atoms with E-state index in [1.807, 2.05) is 0 Å². The third kappa shape index (κ3) is 3.76. The van der Waals surface area contributed by atoms with E-state index in [4.69, 9.17) is 0 Å². The molecule has 24 heavy (non-hydrogen) atoms. The maximum Gasteiger partial charge on any atom is 0.433 e. The normalized spacial score (nSPS) is 14.2. The Balaban J connectivity index is 2.18. The van der Waals surface area contributed by atoms with Gasteiger partial charge in [0.1, 0.15) is 5.60 Å². The quantitative estimate of drug-likeness (QED) is 0.878. The molecule has 0 aliphatic heterocycles. The van der Waals surface area contributed by atoms with Crippen LogP contribution in [0.3, 0.4) is 0 Å². The molecule has 0 saturated carbocycles. The fraction of sp³-hybridized carbons (Fsp3) is 0.375. The van der Waals surface area contributed by atoms with Crippen LogP contribution >= 0.6 is 0 Å². The minimum absolute atomic E-state index is 0.0101. The summed E-state index contributed by atoms with van der Waals surface area (Å²) in [5.74, 6) is -0.932. The lowest BCUT2D eigenvalue weighted by atomic mass is 9.96. The molecule has 5 nitrogen and oxygen atoms in total. The molecule has 0 spiro atoms. The average molecular weight is 341 g/mol. The van der Waals surface area contributed by atoms with Crippen LogP contribution in [0.1, 0.15) is 35.5 Å². The van der Waals surface area contributed by atoms with Gasteiger partial charge in [-0.15, -0.1) is 0 Å². The number of benzene rings is 1. The van der Waals surface area contributed by atoms with Crippen LogP contribution in [0.5, 0.6) is 0 Å². The van der Waals surface area contributed by atoms with E-state index in [9.17, 15) is 23.1 Å². The molecule has 2 N–H and O–H groups in total. The van der Waals surface area contributed by atoms with Gasteiger partial charge in [-0.3, -0.25) is 9.48 Å². The molecule has 2 aromatic rings. The van der Waals surface area contributed by atoms with E-state index in [1.54, 1.807) is 30.3 Å². The number of aryl methyl sites for hydroxylation is 1. The molecule has 0 bridgehead atoms. The number of hydrogen-bond acceptors (Lipinski definition) is 3. The molecule has 1 heterocycles. The van der Waals surface area contributed by atoms with Crippen molar-refractivity contribution in [3.8, 4) is 0 Å². The second-order valence-electron chi connectivity index (χ2n) is 5.54. The number of aromatic nitrogens is 2. The van der Waals surface area contributed by atoms with Crippen LogP contribution in [-0.4, -0.2) is 27.3 Å². The van der Waals surface area contributed by atoms with Crippen molar-refractivity contribution in [2.75, 3.05) is 6.54 Å². The van der Waals surface area contributed by atoms with Gasteiger partial charge in [-0.1, -0.05) is 30.3 Å². The summed E-state index contributed by atoms with van der Waals surface area (Å²) in [6.07, 6.45) is -3.81. The lowest BCUT2D eigenvalue weighted by Crippen LogP contribution is -2.39. The molecule has 0 saturated heterocycles. The number of carbonyl (C=O) groups excluding carboxylic acids is 1.